The molecular weight excluding hydrogens is 260 g/mol. The minimum Gasteiger partial charge on any atom is -0.346 e. The SMILES string of the molecule is FC1(F)CN(CCn2ccc3c(Cl)nccc32)C1. The number of pyridine rings is 1. The molecule has 0 spiro atoms. The van der Waals surface area contributed by atoms with Gasteiger partial charge in [0.2, 0.25) is 0 Å². The molecule has 0 radical (unpaired) electrons. The molecule has 6 heteroatoms. The van der Waals surface area contributed by atoms with Crippen molar-refractivity contribution < 1.29 is 8.78 Å². The molecule has 0 unspecified atom stereocenters. The third-order valence-electron chi connectivity index (χ3n) is 3.22. The molecule has 0 amide bonds. The Hall–Kier alpha value is -1.20. The van der Waals surface area contributed by atoms with E-state index >= 15 is 0 Å². The van der Waals surface area contributed by atoms with Crippen LogP contribution in [0.25, 0.3) is 10.9 Å². The average Bonchev–Trinajstić information content (AvgIpc) is 2.68. The number of hydrogen-bond donors (Lipinski definition) is 0. The van der Waals surface area contributed by atoms with Gasteiger partial charge in [0.1, 0.15) is 5.15 Å². The zero-order valence-electron chi connectivity index (χ0n) is 9.61. The van der Waals surface area contributed by atoms with Crippen LogP contribution in [0.15, 0.2) is 24.5 Å². The van der Waals surface area contributed by atoms with Gasteiger partial charge in [-0.1, -0.05) is 11.6 Å². The van der Waals surface area contributed by atoms with E-state index in [4.69, 9.17) is 11.6 Å². The predicted molar refractivity (Wildman–Crippen MR) is 66.1 cm³/mol. The van der Waals surface area contributed by atoms with E-state index < -0.39 is 5.92 Å². The molecule has 0 bridgehead atoms. The second-order valence-corrected chi connectivity index (χ2v) is 4.97. The molecule has 0 saturated carbocycles. The highest BCUT2D eigenvalue weighted by Crippen LogP contribution is 2.27. The minimum atomic E-state index is -2.49. The topological polar surface area (TPSA) is 21.1 Å². The summed E-state index contributed by atoms with van der Waals surface area (Å²) in [5.74, 6) is -2.49. The van der Waals surface area contributed by atoms with Gasteiger partial charge in [-0.05, 0) is 12.1 Å². The van der Waals surface area contributed by atoms with Crippen molar-refractivity contribution in [3.63, 3.8) is 0 Å². The van der Waals surface area contributed by atoms with Crippen LogP contribution in [0.2, 0.25) is 5.15 Å². The van der Waals surface area contributed by atoms with Gasteiger partial charge in [-0.3, -0.25) is 4.90 Å². The van der Waals surface area contributed by atoms with E-state index in [2.05, 4.69) is 4.98 Å². The van der Waals surface area contributed by atoms with Gasteiger partial charge in [-0.25, -0.2) is 13.8 Å². The highest BCUT2D eigenvalue weighted by atomic mass is 35.5. The Morgan fingerprint density at radius 1 is 1.28 bits per heavy atom. The van der Waals surface area contributed by atoms with E-state index in [1.165, 1.54) is 0 Å². The van der Waals surface area contributed by atoms with Gasteiger partial charge in [0.05, 0.1) is 18.6 Å². The molecule has 3 nitrogen and oxygen atoms in total. The fraction of sp³-hybridized carbons (Fsp3) is 0.417. The average molecular weight is 272 g/mol. The lowest BCUT2D eigenvalue weighted by Crippen LogP contribution is -2.56. The van der Waals surface area contributed by atoms with Crippen LogP contribution in [0.5, 0.6) is 0 Å². The maximum atomic E-state index is 12.7. The van der Waals surface area contributed by atoms with Crippen molar-refractivity contribution in [2.24, 2.45) is 0 Å². The maximum Gasteiger partial charge on any atom is 0.272 e. The van der Waals surface area contributed by atoms with E-state index in [-0.39, 0.29) is 13.1 Å². The first-order chi connectivity index (χ1) is 8.55. The summed E-state index contributed by atoms with van der Waals surface area (Å²) in [7, 11) is 0. The second-order valence-electron chi connectivity index (χ2n) is 4.61. The molecule has 1 aliphatic rings. The van der Waals surface area contributed by atoms with Crippen LogP contribution in [-0.4, -0.2) is 40.0 Å². The summed E-state index contributed by atoms with van der Waals surface area (Å²) in [5, 5.41) is 1.37. The molecule has 0 atom stereocenters. The minimum absolute atomic E-state index is 0.130. The number of hydrogen-bond acceptors (Lipinski definition) is 2. The van der Waals surface area contributed by atoms with Crippen LogP contribution in [0.3, 0.4) is 0 Å². The van der Waals surface area contributed by atoms with Gasteiger partial charge >= 0.3 is 0 Å². The van der Waals surface area contributed by atoms with E-state index in [9.17, 15) is 8.78 Å². The van der Waals surface area contributed by atoms with Crippen molar-refractivity contribution >= 4 is 22.5 Å². The Morgan fingerprint density at radius 2 is 2.06 bits per heavy atom. The smallest absolute Gasteiger partial charge is 0.272 e. The Labute approximate surface area is 108 Å². The number of likely N-dealkylation sites (tertiary alicyclic amines) is 1. The van der Waals surface area contributed by atoms with Crippen LogP contribution >= 0.6 is 11.6 Å². The van der Waals surface area contributed by atoms with Crippen LogP contribution in [-0.2, 0) is 6.54 Å². The van der Waals surface area contributed by atoms with Crippen molar-refractivity contribution in [3.8, 4) is 0 Å². The molecule has 0 N–H and O–H groups in total. The zero-order valence-corrected chi connectivity index (χ0v) is 10.4. The summed E-state index contributed by atoms with van der Waals surface area (Å²) in [6.45, 7) is 1.04. The Kier molecular flexibility index (Phi) is 2.75. The summed E-state index contributed by atoms with van der Waals surface area (Å²) in [5.41, 5.74) is 0.988. The monoisotopic (exact) mass is 271 g/mol. The summed E-state index contributed by atoms with van der Waals surface area (Å²) in [4.78, 5) is 5.75. The zero-order chi connectivity index (χ0) is 12.8. The van der Waals surface area contributed by atoms with Crippen LogP contribution < -0.4 is 0 Å². The van der Waals surface area contributed by atoms with Gasteiger partial charge in [-0.2, -0.15) is 0 Å². The molecule has 18 heavy (non-hydrogen) atoms. The number of aromatic nitrogens is 2. The lowest BCUT2D eigenvalue weighted by Gasteiger charge is -2.38. The highest BCUT2D eigenvalue weighted by molar-refractivity contribution is 6.34. The lowest BCUT2D eigenvalue weighted by atomic mass is 10.1. The molecule has 1 aliphatic heterocycles. The van der Waals surface area contributed by atoms with Crippen molar-refractivity contribution in [3.05, 3.63) is 29.7 Å². The largest absolute Gasteiger partial charge is 0.346 e. The third-order valence-corrected chi connectivity index (χ3v) is 3.52. The van der Waals surface area contributed by atoms with Gasteiger partial charge in [0.15, 0.2) is 0 Å². The normalized spacial score (nSPS) is 19.1. The van der Waals surface area contributed by atoms with E-state index in [1.807, 2.05) is 22.9 Å². The molecule has 1 saturated heterocycles. The van der Waals surface area contributed by atoms with E-state index in [0.29, 0.717) is 18.2 Å². The second kappa shape index (κ2) is 4.17. The number of alkyl halides is 2. The van der Waals surface area contributed by atoms with Crippen molar-refractivity contribution in [2.45, 2.75) is 12.5 Å². The number of halogens is 3. The lowest BCUT2D eigenvalue weighted by molar-refractivity contribution is -0.130. The highest BCUT2D eigenvalue weighted by Gasteiger charge is 2.43. The van der Waals surface area contributed by atoms with Gasteiger partial charge in [-0.15, -0.1) is 0 Å². The van der Waals surface area contributed by atoms with Crippen molar-refractivity contribution in [1.29, 1.82) is 0 Å². The number of rotatable bonds is 3. The van der Waals surface area contributed by atoms with Crippen LogP contribution in [0, 0.1) is 0 Å². The Bertz CT molecular complexity index is 574. The summed E-state index contributed by atoms with van der Waals surface area (Å²) < 4.78 is 27.4. The van der Waals surface area contributed by atoms with Crippen molar-refractivity contribution in [2.75, 3.05) is 19.6 Å². The summed E-state index contributed by atoms with van der Waals surface area (Å²) in [6, 6.07) is 3.78. The summed E-state index contributed by atoms with van der Waals surface area (Å²) >= 11 is 5.97. The number of nitrogens with zero attached hydrogens (tertiary/aromatic N) is 3. The maximum absolute atomic E-state index is 12.7. The van der Waals surface area contributed by atoms with Crippen LogP contribution in [0.4, 0.5) is 8.78 Å². The Balaban J connectivity index is 1.70. The Morgan fingerprint density at radius 3 is 2.78 bits per heavy atom. The molecular formula is C12H12ClF2N3. The fourth-order valence-corrected chi connectivity index (χ4v) is 2.51. The van der Waals surface area contributed by atoms with Crippen molar-refractivity contribution in [1.82, 2.24) is 14.5 Å². The molecule has 2 aromatic rings. The summed E-state index contributed by atoms with van der Waals surface area (Å²) in [6.07, 6.45) is 3.56. The standard InChI is InChI=1S/C12H12ClF2N3/c13-11-9-2-4-18(10(9)1-3-16-11)6-5-17-7-12(14,15)8-17/h1-4H,5-8H2. The quantitative estimate of drug-likeness (QED) is 0.800. The van der Waals surface area contributed by atoms with Crippen LogP contribution in [0.1, 0.15) is 0 Å². The molecule has 3 heterocycles. The first-order valence-corrected chi connectivity index (χ1v) is 6.12. The molecule has 96 valence electrons. The molecule has 2 aromatic heterocycles. The van der Waals surface area contributed by atoms with E-state index in [0.717, 1.165) is 10.9 Å². The van der Waals surface area contributed by atoms with Gasteiger partial charge in [0, 0.05) is 30.9 Å². The molecule has 3 rings (SSSR count). The first kappa shape index (κ1) is 11.9. The predicted octanol–water partition coefficient (Wildman–Crippen LogP) is 2.64. The fourth-order valence-electron chi connectivity index (χ4n) is 2.30. The number of fused-ring (bicyclic) bond motifs is 1. The molecule has 1 fully saturated rings. The van der Waals surface area contributed by atoms with Gasteiger partial charge in [0.25, 0.3) is 5.92 Å². The first-order valence-electron chi connectivity index (χ1n) is 5.75. The third kappa shape index (κ3) is 2.08. The van der Waals surface area contributed by atoms with E-state index in [1.54, 1.807) is 11.1 Å². The molecule has 0 aromatic carbocycles. The molecule has 0 aliphatic carbocycles. The van der Waals surface area contributed by atoms with Gasteiger partial charge < -0.3 is 4.57 Å².